The van der Waals surface area contributed by atoms with Gasteiger partial charge < -0.3 is 14.0 Å². The highest BCUT2D eigenvalue weighted by Crippen LogP contribution is 2.41. The van der Waals surface area contributed by atoms with Crippen LogP contribution in [0.5, 0.6) is 17.2 Å². The molecule has 0 saturated heterocycles. The molecule has 2 aliphatic heterocycles. The summed E-state index contributed by atoms with van der Waals surface area (Å²) >= 11 is 0. The van der Waals surface area contributed by atoms with Gasteiger partial charge in [-0.1, -0.05) is 170 Å². The van der Waals surface area contributed by atoms with E-state index in [0.29, 0.717) is 0 Å². The minimum Gasteiger partial charge on any atom is -0.551 e. The van der Waals surface area contributed by atoms with Gasteiger partial charge in [0.15, 0.2) is 8.07 Å². The first-order valence-electron chi connectivity index (χ1n) is 20.3. The van der Waals surface area contributed by atoms with Gasteiger partial charge in [-0.05, 0) is 86.0 Å². The minimum absolute atomic E-state index is 0.311. The second-order valence-electron chi connectivity index (χ2n) is 15.5. The molecule has 0 spiro atoms. The van der Waals surface area contributed by atoms with E-state index in [2.05, 4.69) is 223 Å². The molecule has 3 heterocycles. The van der Waals surface area contributed by atoms with Crippen molar-refractivity contribution in [3.05, 3.63) is 218 Å². The van der Waals surface area contributed by atoms with Gasteiger partial charge in [0.1, 0.15) is 17.2 Å². The zero-order chi connectivity index (χ0) is 38.9. The van der Waals surface area contributed by atoms with Gasteiger partial charge in [0.25, 0.3) is 0 Å². The van der Waals surface area contributed by atoms with Crippen molar-refractivity contribution < 1.29 is 9.39 Å². The number of nitrogens with zero attached hydrogens (tertiary/aromatic N) is 1. The van der Waals surface area contributed by atoms with Crippen molar-refractivity contribution in [2.45, 2.75) is 0 Å². The van der Waals surface area contributed by atoms with Crippen molar-refractivity contribution in [3.8, 4) is 45.2 Å². The standard InChI is InChI=1S/C54H36BNO2Si/c1-4-17-40(18-5-1)59(41-19-6-2-7-20-41,42-21-8-3-9-22-42)43-23-14-16-37(34-43)38-30-32-51-47(35-38)46-26-15-29-53-54(46)55(58-51)48-36-39(31-33-52(48)57-53)56-49-27-12-10-24-44(49)45-25-11-13-28-50(45)56/h1-36H. The Balaban J connectivity index is 0.980. The Morgan fingerprint density at radius 2 is 0.949 bits per heavy atom. The van der Waals surface area contributed by atoms with E-state index in [1.807, 2.05) is 0 Å². The Morgan fingerprint density at radius 1 is 0.390 bits per heavy atom. The molecular weight excluding hydrogens is 733 g/mol. The molecule has 5 heteroatoms. The third-order valence-corrected chi connectivity index (χ3v) is 17.2. The van der Waals surface area contributed by atoms with Crippen molar-refractivity contribution in [2.24, 2.45) is 0 Å². The van der Waals surface area contributed by atoms with E-state index < -0.39 is 8.07 Å². The molecule has 0 N–H and O–H groups in total. The summed E-state index contributed by atoms with van der Waals surface area (Å²) in [4.78, 5) is 0. The van der Waals surface area contributed by atoms with Crippen molar-refractivity contribution in [1.82, 2.24) is 4.57 Å². The third-order valence-electron chi connectivity index (χ3n) is 12.4. The number of para-hydroxylation sites is 2. The number of ether oxygens (including phenoxy) is 1. The van der Waals surface area contributed by atoms with E-state index in [-0.39, 0.29) is 6.92 Å². The van der Waals surface area contributed by atoms with Crippen LogP contribution in [0, 0.1) is 0 Å². The van der Waals surface area contributed by atoms with Crippen LogP contribution >= 0.6 is 0 Å². The van der Waals surface area contributed by atoms with Gasteiger partial charge in [-0.2, -0.15) is 0 Å². The molecule has 9 aromatic carbocycles. The number of hydrogen-bond acceptors (Lipinski definition) is 2. The van der Waals surface area contributed by atoms with Gasteiger partial charge in [0, 0.05) is 32.9 Å². The lowest BCUT2D eigenvalue weighted by Gasteiger charge is -2.35. The summed E-state index contributed by atoms with van der Waals surface area (Å²) in [5, 5.41) is 7.89. The van der Waals surface area contributed by atoms with Crippen molar-refractivity contribution in [3.63, 3.8) is 0 Å². The van der Waals surface area contributed by atoms with E-state index >= 15 is 0 Å². The highest BCUT2D eigenvalue weighted by atomic mass is 28.3. The van der Waals surface area contributed by atoms with E-state index in [0.717, 1.165) is 50.6 Å². The molecule has 0 amide bonds. The summed E-state index contributed by atoms with van der Waals surface area (Å²) in [6.45, 7) is -0.311. The number of hydrogen-bond donors (Lipinski definition) is 0. The fourth-order valence-electron chi connectivity index (χ4n) is 9.85. The van der Waals surface area contributed by atoms with Crippen LogP contribution in [0.25, 0.3) is 49.7 Å². The predicted molar refractivity (Wildman–Crippen MR) is 247 cm³/mol. The molecule has 0 bridgehead atoms. The second kappa shape index (κ2) is 13.4. The zero-order valence-corrected chi connectivity index (χ0v) is 33.1. The monoisotopic (exact) mass is 769 g/mol. The summed E-state index contributed by atoms with van der Waals surface area (Å²) in [5.74, 6) is 2.53. The molecule has 0 fully saturated rings. The van der Waals surface area contributed by atoms with Crippen LogP contribution in [0.1, 0.15) is 0 Å². The van der Waals surface area contributed by atoms with Crippen LogP contribution in [0.3, 0.4) is 0 Å². The lowest BCUT2D eigenvalue weighted by atomic mass is 9.51. The second-order valence-corrected chi connectivity index (χ2v) is 19.4. The number of rotatable bonds is 6. The van der Waals surface area contributed by atoms with Gasteiger partial charge in [0.2, 0.25) is 0 Å². The Morgan fingerprint density at radius 3 is 1.61 bits per heavy atom. The molecule has 276 valence electrons. The van der Waals surface area contributed by atoms with Crippen LogP contribution in [0.2, 0.25) is 0 Å². The Hall–Kier alpha value is -7.34. The summed E-state index contributed by atoms with van der Waals surface area (Å²) in [7, 11) is -2.70. The summed E-state index contributed by atoms with van der Waals surface area (Å²) in [6.07, 6.45) is 0. The SMILES string of the molecule is c1ccc([Si](c2ccccc2)(c2ccccc2)c2cccc(-c3ccc4c(c3)-c3cccc5c3B(O4)c3cc(-n4c6ccccc6c6ccccc64)ccc3O5)c2)cc1. The van der Waals surface area contributed by atoms with E-state index in [1.54, 1.807) is 0 Å². The molecule has 10 aromatic rings. The van der Waals surface area contributed by atoms with Crippen LogP contribution in [0.15, 0.2) is 218 Å². The van der Waals surface area contributed by atoms with Gasteiger partial charge in [-0.15, -0.1) is 0 Å². The van der Waals surface area contributed by atoms with Gasteiger partial charge in [0.05, 0.1) is 11.0 Å². The topological polar surface area (TPSA) is 23.4 Å². The van der Waals surface area contributed by atoms with E-state index in [1.165, 1.54) is 48.1 Å². The van der Waals surface area contributed by atoms with Gasteiger partial charge in [-0.25, -0.2) is 0 Å². The average Bonchev–Trinajstić information content (AvgIpc) is 3.65. The van der Waals surface area contributed by atoms with Crippen molar-refractivity contribution in [2.75, 3.05) is 0 Å². The molecule has 0 saturated carbocycles. The minimum atomic E-state index is -2.70. The largest absolute Gasteiger partial charge is 0.551 e. The molecule has 12 rings (SSSR count). The lowest BCUT2D eigenvalue weighted by molar-refractivity contribution is 0.479. The smallest absolute Gasteiger partial charge is 0.434 e. The maximum atomic E-state index is 7.07. The molecule has 59 heavy (non-hydrogen) atoms. The molecular formula is C54H36BNO2Si. The Bertz CT molecular complexity index is 3090. The van der Waals surface area contributed by atoms with Gasteiger partial charge in [-0.3, -0.25) is 0 Å². The Kier molecular flexibility index (Phi) is 7.65. The summed E-state index contributed by atoms with van der Waals surface area (Å²) in [5.41, 5.74) is 10.1. The quantitative estimate of drug-likeness (QED) is 0.125. The maximum absolute atomic E-state index is 7.07. The first-order valence-corrected chi connectivity index (χ1v) is 22.3. The highest BCUT2D eigenvalue weighted by Gasteiger charge is 2.43. The molecule has 0 atom stereocenters. The maximum Gasteiger partial charge on any atom is 0.434 e. The first kappa shape index (κ1) is 33.8. The molecule has 1 aromatic heterocycles. The number of fused-ring (bicyclic) bond motifs is 7. The highest BCUT2D eigenvalue weighted by molar-refractivity contribution is 7.19. The predicted octanol–water partition coefficient (Wildman–Crippen LogP) is 9.10. The Labute approximate surface area is 344 Å². The number of benzene rings is 9. The van der Waals surface area contributed by atoms with Crippen LogP contribution in [0.4, 0.5) is 0 Å². The fraction of sp³-hybridized carbons (Fsp3) is 0. The molecule has 0 radical (unpaired) electrons. The van der Waals surface area contributed by atoms with E-state index in [4.69, 9.17) is 9.39 Å². The summed E-state index contributed by atoms with van der Waals surface area (Å²) in [6, 6.07) is 79.4. The van der Waals surface area contributed by atoms with Gasteiger partial charge >= 0.3 is 6.92 Å². The average molecular weight is 770 g/mol. The van der Waals surface area contributed by atoms with E-state index in [9.17, 15) is 0 Å². The normalized spacial score (nSPS) is 12.6. The molecule has 0 unspecified atom stereocenters. The third kappa shape index (κ3) is 5.15. The first-order chi connectivity index (χ1) is 29.3. The van der Waals surface area contributed by atoms with Crippen LogP contribution in [-0.2, 0) is 0 Å². The molecule has 3 nitrogen and oxygen atoms in total. The van der Waals surface area contributed by atoms with Crippen molar-refractivity contribution in [1.29, 1.82) is 0 Å². The molecule has 2 aliphatic rings. The fourth-order valence-corrected chi connectivity index (χ4v) is 14.7. The zero-order valence-electron chi connectivity index (χ0n) is 32.1. The number of aromatic nitrogens is 1. The summed E-state index contributed by atoms with van der Waals surface area (Å²) < 4.78 is 16.1. The lowest BCUT2D eigenvalue weighted by Crippen LogP contribution is -2.74. The molecule has 0 aliphatic carbocycles. The van der Waals surface area contributed by atoms with Crippen LogP contribution in [-0.4, -0.2) is 19.6 Å². The van der Waals surface area contributed by atoms with Crippen LogP contribution < -0.4 is 41.1 Å². The van der Waals surface area contributed by atoms with Crippen molar-refractivity contribution >= 4 is 68.5 Å².